The van der Waals surface area contributed by atoms with Gasteiger partial charge < -0.3 is 15.3 Å². The van der Waals surface area contributed by atoms with Crippen LogP contribution >= 0.6 is 0 Å². The highest BCUT2D eigenvalue weighted by Gasteiger charge is 2.18. The summed E-state index contributed by atoms with van der Waals surface area (Å²) in [6, 6.07) is 11.8. The van der Waals surface area contributed by atoms with Gasteiger partial charge in [-0.2, -0.15) is 4.73 Å². The van der Waals surface area contributed by atoms with Gasteiger partial charge in [-0.15, -0.1) is 0 Å². The maximum absolute atomic E-state index is 11.8. The summed E-state index contributed by atoms with van der Waals surface area (Å²) in [6.07, 6.45) is 1.19. The molecule has 1 aromatic carbocycles. The number of nitrogens with one attached hydrogen (secondary N) is 1. The molecule has 120 valence electrons. The molecule has 2 aromatic rings. The largest absolute Gasteiger partial charge is 0.618 e. The van der Waals surface area contributed by atoms with Crippen LogP contribution in [0.3, 0.4) is 0 Å². The molecule has 0 unspecified atom stereocenters. The van der Waals surface area contributed by atoms with Gasteiger partial charge in [0.1, 0.15) is 0 Å². The summed E-state index contributed by atoms with van der Waals surface area (Å²) in [4.78, 5) is 23.5. The Bertz CT molecular complexity index is 696. The fourth-order valence-electron chi connectivity index (χ4n) is 1.94. The molecule has 1 N–H and O–H groups in total. The van der Waals surface area contributed by atoms with E-state index in [9.17, 15) is 14.8 Å². The standard InChI is InChI=1S/C17H18N2O4/c1-12(2)13-6-8-14(9-7-13)18-16(20)11-23-17(21)15-5-3-4-10-19(15)22/h3-10,12H,11H2,1-2H3,(H,18,20). The number of hydrogen-bond donors (Lipinski definition) is 1. The zero-order valence-electron chi connectivity index (χ0n) is 13.0. The number of carbonyl (C=O) groups is 2. The third kappa shape index (κ3) is 4.54. The van der Waals surface area contributed by atoms with Crippen LogP contribution < -0.4 is 10.0 Å². The third-order valence-electron chi connectivity index (χ3n) is 3.23. The number of ether oxygens (including phenoxy) is 1. The second-order valence-electron chi connectivity index (χ2n) is 5.31. The molecule has 6 heteroatoms. The Labute approximate surface area is 134 Å². The minimum absolute atomic E-state index is 0.165. The monoisotopic (exact) mass is 314 g/mol. The van der Waals surface area contributed by atoms with E-state index in [1.807, 2.05) is 12.1 Å². The van der Waals surface area contributed by atoms with Crippen molar-refractivity contribution in [1.82, 2.24) is 0 Å². The topological polar surface area (TPSA) is 82.3 Å². The third-order valence-corrected chi connectivity index (χ3v) is 3.23. The average molecular weight is 314 g/mol. The van der Waals surface area contributed by atoms with Gasteiger partial charge in [0.05, 0.1) is 0 Å². The summed E-state index contributed by atoms with van der Waals surface area (Å²) in [7, 11) is 0. The van der Waals surface area contributed by atoms with E-state index in [1.165, 1.54) is 23.9 Å². The van der Waals surface area contributed by atoms with E-state index in [0.717, 1.165) is 0 Å². The highest BCUT2D eigenvalue weighted by molar-refractivity contribution is 5.94. The molecule has 0 saturated carbocycles. The predicted molar refractivity (Wildman–Crippen MR) is 84.8 cm³/mol. The Kier molecular flexibility index (Phi) is 5.30. The van der Waals surface area contributed by atoms with Crippen LogP contribution in [0.5, 0.6) is 0 Å². The molecule has 0 bridgehead atoms. The van der Waals surface area contributed by atoms with Crippen molar-refractivity contribution in [3.8, 4) is 0 Å². The molecule has 1 heterocycles. The number of carbonyl (C=O) groups excluding carboxylic acids is 2. The minimum Gasteiger partial charge on any atom is -0.618 e. The van der Waals surface area contributed by atoms with Crippen LogP contribution in [0.25, 0.3) is 0 Å². The zero-order valence-corrected chi connectivity index (χ0v) is 13.0. The molecule has 6 nitrogen and oxygen atoms in total. The van der Waals surface area contributed by atoms with E-state index >= 15 is 0 Å². The molecule has 0 spiro atoms. The van der Waals surface area contributed by atoms with E-state index in [2.05, 4.69) is 19.2 Å². The lowest BCUT2D eigenvalue weighted by atomic mass is 10.0. The van der Waals surface area contributed by atoms with E-state index < -0.39 is 18.5 Å². The van der Waals surface area contributed by atoms with Crippen LogP contribution in [0.1, 0.15) is 35.8 Å². The summed E-state index contributed by atoms with van der Waals surface area (Å²) in [5.41, 5.74) is 1.62. The first-order valence-electron chi connectivity index (χ1n) is 7.22. The highest BCUT2D eigenvalue weighted by Crippen LogP contribution is 2.17. The van der Waals surface area contributed by atoms with Crippen molar-refractivity contribution in [2.45, 2.75) is 19.8 Å². The lowest BCUT2D eigenvalue weighted by molar-refractivity contribution is -0.608. The highest BCUT2D eigenvalue weighted by atomic mass is 16.5. The molecule has 0 atom stereocenters. The molecule has 0 fully saturated rings. The molecule has 0 saturated heterocycles. The summed E-state index contributed by atoms with van der Waals surface area (Å²) < 4.78 is 5.23. The molecule has 2 rings (SSSR count). The number of esters is 1. The number of nitrogens with zero attached hydrogens (tertiary/aromatic N) is 1. The zero-order chi connectivity index (χ0) is 16.8. The number of rotatable bonds is 5. The van der Waals surface area contributed by atoms with Gasteiger partial charge in [0, 0.05) is 17.8 Å². The van der Waals surface area contributed by atoms with Crippen LogP contribution in [0.4, 0.5) is 5.69 Å². The Morgan fingerprint density at radius 1 is 1.17 bits per heavy atom. The number of amides is 1. The average Bonchev–Trinajstić information content (AvgIpc) is 2.53. The summed E-state index contributed by atoms with van der Waals surface area (Å²) in [5, 5.41) is 14.0. The quantitative estimate of drug-likeness (QED) is 0.521. The lowest BCUT2D eigenvalue weighted by Crippen LogP contribution is -2.35. The maximum atomic E-state index is 11.8. The van der Waals surface area contributed by atoms with E-state index in [1.54, 1.807) is 18.2 Å². The first-order chi connectivity index (χ1) is 11.0. The molecule has 1 amide bonds. The van der Waals surface area contributed by atoms with Crippen molar-refractivity contribution in [1.29, 1.82) is 0 Å². The number of anilines is 1. The van der Waals surface area contributed by atoms with Gasteiger partial charge in [0.25, 0.3) is 5.91 Å². The van der Waals surface area contributed by atoms with Crippen molar-refractivity contribution >= 4 is 17.6 Å². The van der Waals surface area contributed by atoms with Crippen LogP contribution in [0.2, 0.25) is 0 Å². The van der Waals surface area contributed by atoms with Crippen LogP contribution in [-0.2, 0) is 9.53 Å². The van der Waals surface area contributed by atoms with Gasteiger partial charge in [-0.1, -0.05) is 26.0 Å². The smallest absolute Gasteiger partial charge is 0.405 e. The Hall–Kier alpha value is -2.89. The number of pyridine rings is 1. The molecule has 1 aromatic heterocycles. The fourth-order valence-corrected chi connectivity index (χ4v) is 1.94. The predicted octanol–water partition coefficient (Wildman–Crippen LogP) is 2.24. The van der Waals surface area contributed by atoms with Crippen molar-refractivity contribution in [3.05, 3.63) is 65.1 Å². The molecule has 0 aliphatic carbocycles. The SMILES string of the molecule is CC(C)c1ccc(NC(=O)COC(=O)c2cccc[n+]2[O-])cc1. The molecular formula is C17H18N2O4. The number of aromatic nitrogens is 1. The molecular weight excluding hydrogens is 296 g/mol. The Balaban J connectivity index is 1.88. The summed E-state index contributed by atoms with van der Waals surface area (Å²) in [6.45, 7) is 3.71. The minimum atomic E-state index is -0.842. The van der Waals surface area contributed by atoms with Gasteiger partial charge in [0.2, 0.25) is 0 Å². The lowest BCUT2D eigenvalue weighted by Gasteiger charge is -2.09. The first-order valence-corrected chi connectivity index (χ1v) is 7.22. The summed E-state index contributed by atoms with van der Waals surface area (Å²) in [5.74, 6) is -0.903. The van der Waals surface area contributed by atoms with Gasteiger partial charge in [-0.25, -0.2) is 4.79 Å². The Morgan fingerprint density at radius 3 is 2.48 bits per heavy atom. The number of benzene rings is 1. The Morgan fingerprint density at radius 2 is 1.87 bits per heavy atom. The molecule has 0 radical (unpaired) electrons. The number of hydrogen-bond acceptors (Lipinski definition) is 4. The van der Waals surface area contributed by atoms with E-state index in [-0.39, 0.29) is 5.69 Å². The van der Waals surface area contributed by atoms with Crippen molar-refractivity contribution in [2.24, 2.45) is 0 Å². The van der Waals surface area contributed by atoms with Crippen molar-refractivity contribution in [2.75, 3.05) is 11.9 Å². The molecule has 23 heavy (non-hydrogen) atoms. The second kappa shape index (κ2) is 7.40. The maximum Gasteiger partial charge on any atom is 0.405 e. The van der Waals surface area contributed by atoms with Gasteiger partial charge in [-0.3, -0.25) is 4.79 Å². The normalized spacial score (nSPS) is 10.4. The second-order valence-corrected chi connectivity index (χ2v) is 5.31. The van der Waals surface area contributed by atoms with Crippen LogP contribution in [-0.4, -0.2) is 18.5 Å². The van der Waals surface area contributed by atoms with Crippen molar-refractivity contribution in [3.63, 3.8) is 0 Å². The summed E-state index contributed by atoms with van der Waals surface area (Å²) >= 11 is 0. The fraction of sp³-hybridized carbons (Fsp3) is 0.235. The van der Waals surface area contributed by atoms with Crippen LogP contribution in [0, 0.1) is 5.21 Å². The van der Waals surface area contributed by atoms with Crippen LogP contribution in [0.15, 0.2) is 48.7 Å². The van der Waals surface area contributed by atoms with E-state index in [0.29, 0.717) is 16.3 Å². The van der Waals surface area contributed by atoms with Crippen molar-refractivity contribution < 1.29 is 19.1 Å². The van der Waals surface area contributed by atoms with Gasteiger partial charge >= 0.3 is 11.7 Å². The molecule has 0 aliphatic heterocycles. The van der Waals surface area contributed by atoms with E-state index in [4.69, 9.17) is 4.74 Å². The van der Waals surface area contributed by atoms with Gasteiger partial charge in [-0.05, 0) is 29.7 Å². The van der Waals surface area contributed by atoms with Gasteiger partial charge in [0.15, 0.2) is 12.8 Å². The molecule has 0 aliphatic rings. The first kappa shape index (κ1) is 16.5.